The zero-order chi connectivity index (χ0) is 9.97. The summed E-state index contributed by atoms with van der Waals surface area (Å²) in [5, 5.41) is 0. The van der Waals surface area contributed by atoms with Gasteiger partial charge in [-0.1, -0.05) is 19.3 Å². The minimum Gasteiger partial charge on any atom is -0.399 e. The van der Waals surface area contributed by atoms with Crippen LogP contribution in [0.4, 0.5) is 11.4 Å². The van der Waals surface area contributed by atoms with Crippen molar-refractivity contribution >= 4 is 11.4 Å². The van der Waals surface area contributed by atoms with Crippen LogP contribution >= 0.6 is 0 Å². The molecule has 0 radical (unpaired) electrons. The third kappa shape index (κ3) is 1.84. The molecule has 0 atom stereocenters. The molecule has 0 amide bonds. The molecule has 0 spiro atoms. The van der Waals surface area contributed by atoms with Crippen LogP contribution in [0, 0.1) is 0 Å². The summed E-state index contributed by atoms with van der Waals surface area (Å²) < 4.78 is 0. The summed E-state index contributed by atoms with van der Waals surface area (Å²) in [4.78, 5) is 0. The Bertz CT molecular complexity index is 314. The van der Waals surface area contributed by atoms with E-state index in [1.807, 2.05) is 18.2 Å². The first-order valence-corrected chi connectivity index (χ1v) is 5.42. The molecule has 0 bridgehead atoms. The smallest absolute Gasteiger partial charge is 0.0350 e. The van der Waals surface area contributed by atoms with Crippen molar-refractivity contribution in [2.45, 2.75) is 38.0 Å². The quantitative estimate of drug-likeness (QED) is 0.669. The van der Waals surface area contributed by atoms with Crippen molar-refractivity contribution in [2.24, 2.45) is 0 Å². The molecule has 0 heterocycles. The Morgan fingerprint density at radius 2 is 1.71 bits per heavy atom. The van der Waals surface area contributed by atoms with E-state index in [0.717, 1.165) is 11.4 Å². The maximum Gasteiger partial charge on any atom is 0.0350 e. The molecule has 1 aromatic carbocycles. The number of anilines is 2. The number of nitrogen functional groups attached to an aromatic ring is 2. The highest BCUT2D eigenvalue weighted by Gasteiger charge is 2.17. The van der Waals surface area contributed by atoms with Crippen LogP contribution in [0.25, 0.3) is 0 Å². The van der Waals surface area contributed by atoms with Gasteiger partial charge in [-0.15, -0.1) is 0 Å². The molecule has 0 saturated heterocycles. The van der Waals surface area contributed by atoms with Crippen molar-refractivity contribution < 1.29 is 0 Å². The average Bonchev–Trinajstić information content (AvgIpc) is 2.23. The van der Waals surface area contributed by atoms with Crippen molar-refractivity contribution in [2.75, 3.05) is 11.5 Å². The van der Waals surface area contributed by atoms with Gasteiger partial charge in [0.2, 0.25) is 0 Å². The van der Waals surface area contributed by atoms with Crippen LogP contribution in [0.15, 0.2) is 18.2 Å². The summed E-state index contributed by atoms with van der Waals surface area (Å²) in [7, 11) is 0. The van der Waals surface area contributed by atoms with E-state index in [1.165, 1.54) is 37.7 Å². The van der Waals surface area contributed by atoms with Crippen molar-refractivity contribution in [3.8, 4) is 0 Å². The highest BCUT2D eigenvalue weighted by molar-refractivity contribution is 5.56. The van der Waals surface area contributed by atoms with E-state index in [0.29, 0.717) is 5.92 Å². The summed E-state index contributed by atoms with van der Waals surface area (Å²) in [6.07, 6.45) is 6.58. The number of hydrogen-bond acceptors (Lipinski definition) is 2. The van der Waals surface area contributed by atoms with E-state index >= 15 is 0 Å². The molecule has 2 nitrogen and oxygen atoms in total. The summed E-state index contributed by atoms with van der Waals surface area (Å²) in [6.45, 7) is 0. The first-order valence-electron chi connectivity index (χ1n) is 5.42. The van der Waals surface area contributed by atoms with E-state index in [1.54, 1.807) is 0 Å². The monoisotopic (exact) mass is 190 g/mol. The Labute approximate surface area is 85.3 Å². The van der Waals surface area contributed by atoms with Crippen molar-refractivity contribution in [3.05, 3.63) is 23.8 Å². The molecule has 2 rings (SSSR count). The highest BCUT2D eigenvalue weighted by Crippen LogP contribution is 2.36. The number of benzene rings is 1. The van der Waals surface area contributed by atoms with Crippen LogP contribution in [0.1, 0.15) is 43.6 Å². The van der Waals surface area contributed by atoms with E-state index in [2.05, 4.69) is 0 Å². The van der Waals surface area contributed by atoms with Gasteiger partial charge in [-0.05, 0) is 42.5 Å². The Hall–Kier alpha value is -1.18. The van der Waals surface area contributed by atoms with E-state index in [9.17, 15) is 0 Å². The molecular formula is C12H18N2. The van der Waals surface area contributed by atoms with Gasteiger partial charge in [0.25, 0.3) is 0 Å². The summed E-state index contributed by atoms with van der Waals surface area (Å²) >= 11 is 0. The van der Waals surface area contributed by atoms with Crippen LogP contribution in [-0.4, -0.2) is 0 Å². The molecule has 4 N–H and O–H groups in total. The predicted molar refractivity (Wildman–Crippen MR) is 61.1 cm³/mol. The molecule has 1 saturated carbocycles. The lowest BCUT2D eigenvalue weighted by Gasteiger charge is -2.23. The minimum absolute atomic E-state index is 0.646. The van der Waals surface area contributed by atoms with Crippen LogP contribution in [0.2, 0.25) is 0 Å². The maximum atomic E-state index is 5.96. The van der Waals surface area contributed by atoms with Gasteiger partial charge in [0.05, 0.1) is 0 Å². The molecule has 14 heavy (non-hydrogen) atoms. The molecule has 1 aliphatic rings. The van der Waals surface area contributed by atoms with Crippen molar-refractivity contribution in [1.29, 1.82) is 0 Å². The second-order valence-corrected chi connectivity index (χ2v) is 4.22. The second kappa shape index (κ2) is 3.91. The Balaban J connectivity index is 2.24. The van der Waals surface area contributed by atoms with E-state index in [-0.39, 0.29) is 0 Å². The minimum atomic E-state index is 0.646. The van der Waals surface area contributed by atoms with Gasteiger partial charge in [0.1, 0.15) is 0 Å². The third-order valence-corrected chi connectivity index (χ3v) is 3.16. The second-order valence-electron chi connectivity index (χ2n) is 4.22. The first kappa shape index (κ1) is 9.38. The van der Waals surface area contributed by atoms with Crippen molar-refractivity contribution in [3.63, 3.8) is 0 Å². The van der Waals surface area contributed by atoms with Gasteiger partial charge < -0.3 is 11.5 Å². The topological polar surface area (TPSA) is 52.0 Å². The molecular weight excluding hydrogens is 172 g/mol. The number of nitrogens with two attached hydrogens (primary N) is 2. The van der Waals surface area contributed by atoms with Crippen LogP contribution < -0.4 is 11.5 Å². The lowest BCUT2D eigenvalue weighted by molar-refractivity contribution is 0.444. The molecule has 1 aromatic rings. The van der Waals surface area contributed by atoms with Gasteiger partial charge >= 0.3 is 0 Å². The Kier molecular flexibility index (Phi) is 2.62. The zero-order valence-electron chi connectivity index (χ0n) is 8.50. The fourth-order valence-electron chi connectivity index (χ4n) is 2.36. The SMILES string of the molecule is Nc1ccc(N)c(C2CCCCC2)c1. The maximum absolute atomic E-state index is 5.96. The van der Waals surface area contributed by atoms with Crippen LogP contribution in [0.5, 0.6) is 0 Å². The molecule has 1 aliphatic carbocycles. The van der Waals surface area contributed by atoms with E-state index in [4.69, 9.17) is 11.5 Å². The Morgan fingerprint density at radius 1 is 1.00 bits per heavy atom. The molecule has 0 unspecified atom stereocenters. The molecule has 2 heteroatoms. The highest BCUT2D eigenvalue weighted by atomic mass is 14.6. The first-order chi connectivity index (χ1) is 6.77. The van der Waals surface area contributed by atoms with E-state index < -0.39 is 0 Å². The number of rotatable bonds is 1. The molecule has 1 fully saturated rings. The van der Waals surface area contributed by atoms with Gasteiger partial charge in [-0.3, -0.25) is 0 Å². The van der Waals surface area contributed by atoms with Gasteiger partial charge in [0.15, 0.2) is 0 Å². The summed E-state index contributed by atoms with van der Waals surface area (Å²) in [6, 6.07) is 5.85. The molecule has 0 aliphatic heterocycles. The molecule has 0 aromatic heterocycles. The fraction of sp³-hybridized carbons (Fsp3) is 0.500. The normalized spacial score (nSPS) is 18.3. The average molecular weight is 190 g/mol. The van der Waals surface area contributed by atoms with Gasteiger partial charge in [-0.2, -0.15) is 0 Å². The predicted octanol–water partition coefficient (Wildman–Crippen LogP) is 2.90. The van der Waals surface area contributed by atoms with Crippen LogP contribution in [0.3, 0.4) is 0 Å². The Morgan fingerprint density at radius 3 is 2.43 bits per heavy atom. The summed E-state index contributed by atoms with van der Waals surface area (Å²) in [5.74, 6) is 0.646. The van der Waals surface area contributed by atoms with Gasteiger partial charge in [-0.25, -0.2) is 0 Å². The largest absolute Gasteiger partial charge is 0.399 e. The standard InChI is InChI=1S/C12H18N2/c13-10-6-7-12(14)11(8-10)9-4-2-1-3-5-9/h6-9H,1-5,13-14H2. The zero-order valence-corrected chi connectivity index (χ0v) is 8.50. The van der Waals surface area contributed by atoms with Gasteiger partial charge in [0, 0.05) is 11.4 Å². The van der Waals surface area contributed by atoms with Crippen LogP contribution in [-0.2, 0) is 0 Å². The number of hydrogen-bond donors (Lipinski definition) is 2. The fourth-order valence-corrected chi connectivity index (χ4v) is 2.36. The van der Waals surface area contributed by atoms with Crippen molar-refractivity contribution in [1.82, 2.24) is 0 Å². The lowest BCUT2D eigenvalue weighted by Crippen LogP contribution is -2.07. The lowest BCUT2D eigenvalue weighted by atomic mass is 9.83. The molecule has 76 valence electrons. The summed E-state index contributed by atoms with van der Waals surface area (Å²) in [5.41, 5.74) is 14.8. The third-order valence-electron chi connectivity index (χ3n) is 3.16.